The van der Waals surface area contributed by atoms with Gasteiger partial charge in [0.1, 0.15) is 0 Å². The van der Waals surface area contributed by atoms with Crippen LogP contribution in [0.15, 0.2) is 70.9 Å². The summed E-state index contributed by atoms with van der Waals surface area (Å²) in [7, 11) is -3.76. The van der Waals surface area contributed by atoms with Gasteiger partial charge in [0.25, 0.3) is 5.91 Å². The Morgan fingerprint density at radius 2 is 1.91 bits per heavy atom. The SMILES string of the molecule is NC(=O)C1CCCN1Cc1cccc(NC(=O)c2cccc(S(=O)(=O)NCc3cccs3)c2)c1. The Kier molecular flexibility index (Phi) is 7.42. The lowest BCUT2D eigenvalue weighted by molar-refractivity contribution is -0.122. The smallest absolute Gasteiger partial charge is 0.255 e. The minimum absolute atomic E-state index is 0.0250. The first kappa shape index (κ1) is 24.1. The molecule has 2 amide bonds. The van der Waals surface area contributed by atoms with Gasteiger partial charge in [0.15, 0.2) is 0 Å². The third-order valence-corrected chi connectivity index (χ3v) is 7.96. The number of nitrogens with zero attached hydrogens (tertiary/aromatic N) is 1. The fraction of sp³-hybridized carbons (Fsp3) is 0.250. The van der Waals surface area contributed by atoms with Crippen molar-refractivity contribution >= 4 is 38.9 Å². The van der Waals surface area contributed by atoms with E-state index in [1.807, 2.05) is 40.6 Å². The number of benzene rings is 2. The monoisotopic (exact) mass is 498 g/mol. The molecule has 1 aromatic heterocycles. The lowest BCUT2D eigenvalue weighted by Crippen LogP contribution is -2.39. The molecule has 1 saturated heterocycles. The van der Waals surface area contributed by atoms with Crippen LogP contribution >= 0.6 is 11.3 Å². The summed E-state index contributed by atoms with van der Waals surface area (Å²) in [6, 6.07) is 16.7. The van der Waals surface area contributed by atoms with Gasteiger partial charge in [-0.05, 0) is 66.7 Å². The van der Waals surface area contributed by atoms with E-state index < -0.39 is 15.9 Å². The Bertz CT molecular complexity index is 1280. The van der Waals surface area contributed by atoms with Crippen molar-refractivity contribution in [3.8, 4) is 0 Å². The Morgan fingerprint density at radius 3 is 2.68 bits per heavy atom. The van der Waals surface area contributed by atoms with Gasteiger partial charge in [-0.15, -0.1) is 11.3 Å². The number of likely N-dealkylation sites (tertiary alicyclic amines) is 1. The summed E-state index contributed by atoms with van der Waals surface area (Å²) in [6.07, 6.45) is 1.68. The molecule has 34 heavy (non-hydrogen) atoms. The molecule has 0 bridgehead atoms. The highest BCUT2D eigenvalue weighted by molar-refractivity contribution is 7.89. The van der Waals surface area contributed by atoms with E-state index in [0.717, 1.165) is 29.8 Å². The van der Waals surface area contributed by atoms with Crippen molar-refractivity contribution < 1.29 is 18.0 Å². The fourth-order valence-electron chi connectivity index (χ4n) is 3.99. The number of primary amides is 1. The third kappa shape index (κ3) is 5.89. The number of hydrogen-bond donors (Lipinski definition) is 3. The van der Waals surface area contributed by atoms with E-state index in [1.54, 1.807) is 18.2 Å². The summed E-state index contributed by atoms with van der Waals surface area (Å²) in [5.74, 6) is -0.731. The Labute approximate surface area is 202 Å². The first-order chi connectivity index (χ1) is 16.3. The molecule has 1 unspecified atom stereocenters. The molecular weight excluding hydrogens is 472 g/mol. The van der Waals surface area contributed by atoms with Gasteiger partial charge < -0.3 is 11.1 Å². The van der Waals surface area contributed by atoms with Crippen molar-refractivity contribution in [1.29, 1.82) is 0 Å². The Hall–Kier alpha value is -3.05. The van der Waals surface area contributed by atoms with Crippen LogP contribution in [0.1, 0.15) is 33.6 Å². The van der Waals surface area contributed by atoms with Crippen molar-refractivity contribution in [2.75, 3.05) is 11.9 Å². The largest absolute Gasteiger partial charge is 0.368 e. The van der Waals surface area contributed by atoms with Crippen LogP contribution in [0, 0.1) is 0 Å². The summed E-state index contributed by atoms with van der Waals surface area (Å²) in [5, 5.41) is 4.71. The summed E-state index contributed by atoms with van der Waals surface area (Å²) in [4.78, 5) is 27.5. The van der Waals surface area contributed by atoms with Crippen LogP contribution in [0.4, 0.5) is 5.69 Å². The maximum absolute atomic E-state index is 12.8. The number of carbonyl (C=O) groups is 2. The molecule has 1 aliphatic rings. The maximum atomic E-state index is 12.8. The van der Waals surface area contributed by atoms with Gasteiger partial charge in [-0.2, -0.15) is 0 Å². The Morgan fingerprint density at radius 1 is 1.09 bits per heavy atom. The highest BCUT2D eigenvalue weighted by Crippen LogP contribution is 2.22. The normalized spacial score (nSPS) is 16.4. The number of rotatable bonds is 9. The van der Waals surface area contributed by atoms with Crippen molar-refractivity contribution in [2.45, 2.75) is 36.9 Å². The second kappa shape index (κ2) is 10.5. The number of anilines is 1. The molecule has 0 radical (unpaired) electrons. The predicted octanol–water partition coefficient (Wildman–Crippen LogP) is 2.93. The summed E-state index contributed by atoms with van der Waals surface area (Å²) in [5.41, 5.74) is 7.27. The van der Waals surface area contributed by atoms with Crippen LogP contribution < -0.4 is 15.8 Å². The highest BCUT2D eigenvalue weighted by atomic mass is 32.2. The molecule has 178 valence electrons. The van der Waals surface area contributed by atoms with Crippen LogP contribution in [0.25, 0.3) is 0 Å². The molecule has 3 aromatic rings. The molecule has 0 saturated carbocycles. The van der Waals surface area contributed by atoms with Gasteiger partial charge in [-0.3, -0.25) is 14.5 Å². The molecule has 1 fully saturated rings. The van der Waals surface area contributed by atoms with Gasteiger partial charge in [0, 0.05) is 29.2 Å². The molecule has 2 heterocycles. The zero-order valence-electron chi connectivity index (χ0n) is 18.4. The maximum Gasteiger partial charge on any atom is 0.255 e. The van der Waals surface area contributed by atoms with Gasteiger partial charge in [-0.25, -0.2) is 13.1 Å². The van der Waals surface area contributed by atoms with E-state index in [2.05, 4.69) is 10.0 Å². The van der Waals surface area contributed by atoms with E-state index in [1.165, 1.54) is 23.5 Å². The molecule has 2 aromatic carbocycles. The molecular formula is C24H26N4O4S2. The van der Waals surface area contributed by atoms with Crippen LogP contribution in [0.2, 0.25) is 0 Å². The van der Waals surface area contributed by atoms with Crippen LogP contribution in [0.5, 0.6) is 0 Å². The molecule has 4 N–H and O–H groups in total. The highest BCUT2D eigenvalue weighted by Gasteiger charge is 2.28. The molecule has 1 aliphatic heterocycles. The van der Waals surface area contributed by atoms with Crippen LogP contribution in [-0.4, -0.2) is 37.7 Å². The van der Waals surface area contributed by atoms with Gasteiger partial charge in [0.2, 0.25) is 15.9 Å². The second-order valence-electron chi connectivity index (χ2n) is 8.12. The minimum atomic E-state index is -3.76. The zero-order valence-corrected chi connectivity index (χ0v) is 20.1. The third-order valence-electron chi connectivity index (χ3n) is 5.69. The van der Waals surface area contributed by atoms with Crippen molar-refractivity contribution in [2.24, 2.45) is 5.73 Å². The zero-order chi connectivity index (χ0) is 24.1. The van der Waals surface area contributed by atoms with E-state index in [4.69, 9.17) is 5.73 Å². The fourth-order valence-corrected chi connectivity index (χ4v) is 5.78. The number of nitrogens with two attached hydrogens (primary N) is 1. The molecule has 0 aliphatic carbocycles. The average molecular weight is 499 g/mol. The number of hydrogen-bond acceptors (Lipinski definition) is 6. The molecule has 4 rings (SSSR count). The van der Waals surface area contributed by atoms with Gasteiger partial charge >= 0.3 is 0 Å². The first-order valence-corrected chi connectivity index (χ1v) is 13.2. The van der Waals surface area contributed by atoms with E-state index in [-0.39, 0.29) is 29.0 Å². The number of thiophene rings is 1. The summed E-state index contributed by atoms with van der Waals surface area (Å²) >= 11 is 1.46. The lowest BCUT2D eigenvalue weighted by atomic mass is 10.1. The number of carbonyl (C=O) groups excluding carboxylic acids is 2. The van der Waals surface area contributed by atoms with Crippen molar-refractivity contribution in [3.05, 3.63) is 82.0 Å². The number of amides is 2. The quantitative estimate of drug-likeness (QED) is 0.419. The second-order valence-corrected chi connectivity index (χ2v) is 10.9. The predicted molar refractivity (Wildman–Crippen MR) is 132 cm³/mol. The van der Waals surface area contributed by atoms with Crippen molar-refractivity contribution in [1.82, 2.24) is 9.62 Å². The van der Waals surface area contributed by atoms with E-state index in [0.29, 0.717) is 12.2 Å². The van der Waals surface area contributed by atoms with Crippen molar-refractivity contribution in [3.63, 3.8) is 0 Å². The average Bonchev–Trinajstić information content (AvgIpc) is 3.50. The number of nitrogens with one attached hydrogen (secondary N) is 2. The molecule has 0 spiro atoms. The Balaban J connectivity index is 1.43. The first-order valence-electron chi connectivity index (χ1n) is 10.9. The standard InChI is InChI=1S/C24H26N4O4S2/c25-23(29)22-10-3-11-28(22)16-17-5-1-7-19(13-17)27-24(30)18-6-2-9-21(14-18)34(31,32)26-15-20-8-4-12-33-20/h1-2,4-9,12-14,22,26H,3,10-11,15-16H2,(H2,25,29)(H,27,30). The van der Waals surface area contributed by atoms with Gasteiger partial charge in [-0.1, -0.05) is 24.3 Å². The van der Waals surface area contributed by atoms with E-state index in [9.17, 15) is 18.0 Å². The van der Waals surface area contributed by atoms with Crippen LogP contribution in [-0.2, 0) is 27.9 Å². The molecule has 10 heteroatoms. The lowest BCUT2D eigenvalue weighted by Gasteiger charge is -2.22. The topological polar surface area (TPSA) is 122 Å². The molecule has 1 atom stereocenters. The summed E-state index contributed by atoms with van der Waals surface area (Å²) < 4.78 is 27.9. The molecule has 8 nitrogen and oxygen atoms in total. The van der Waals surface area contributed by atoms with E-state index >= 15 is 0 Å². The summed E-state index contributed by atoms with van der Waals surface area (Å²) in [6.45, 7) is 1.55. The van der Waals surface area contributed by atoms with Gasteiger partial charge in [0.05, 0.1) is 10.9 Å². The van der Waals surface area contributed by atoms with Crippen LogP contribution in [0.3, 0.4) is 0 Å². The number of sulfonamides is 1. The minimum Gasteiger partial charge on any atom is -0.368 e.